The molecular formula is C16H18F3N3O3S. The van der Waals surface area contributed by atoms with Crippen molar-refractivity contribution in [3.05, 3.63) is 53.3 Å². The number of morpholine rings is 1. The highest BCUT2D eigenvalue weighted by Crippen LogP contribution is 2.33. The molecule has 26 heavy (non-hydrogen) atoms. The van der Waals surface area contributed by atoms with E-state index in [9.17, 15) is 21.6 Å². The van der Waals surface area contributed by atoms with Crippen LogP contribution in [0.15, 0.2) is 36.7 Å². The fraction of sp³-hybridized carbons (Fsp3) is 0.438. The van der Waals surface area contributed by atoms with Crippen molar-refractivity contribution in [3.63, 3.8) is 0 Å². The quantitative estimate of drug-likeness (QED) is 0.805. The van der Waals surface area contributed by atoms with Gasteiger partial charge in [0.2, 0.25) is 10.0 Å². The van der Waals surface area contributed by atoms with E-state index in [1.54, 1.807) is 24.1 Å². The Morgan fingerprint density at radius 2 is 2.04 bits per heavy atom. The molecule has 1 fully saturated rings. The molecule has 0 radical (unpaired) electrons. The van der Waals surface area contributed by atoms with Crippen LogP contribution in [0, 0.1) is 0 Å². The Kier molecular flexibility index (Phi) is 5.09. The summed E-state index contributed by atoms with van der Waals surface area (Å²) in [4.78, 5) is 0. The summed E-state index contributed by atoms with van der Waals surface area (Å²) < 4.78 is 73.1. The molecule has 1 saturated heterocycles. The Bertz CT molecular complexity index is 880. The van der Waals surface area contributed by atoms with Crippen LogP contribution in [-0.2, 0) is 33.7 Å². The number of halogens is 3. The van der Waals surface area contributed by atoms with E-state index in [4.69, 9.17) is 4.74 Å². The molecule has 142 valence electrons. The van der Waals surface area contributed by atoms with Crippen molar-refractivity contribution in [2.75, 3.05) is 19.7 Å². The van der Waals surface area contributed by atoms with Crippen LogP contribution in [0.2, 0.25) is 0 Å². The number of benzene rings is 1. The predicted molar refractivity (Wildman–Crippen MR) is 87.5 cm³/mol. The van der Waals surface area contributed by atoms with Gasteiger partial charge >= 0.3 is 6.18 Å². The van der Waals surface area contributed by atoms with Gasteiger partial charge in [0, 0.05) is 31.9 Å². The molecule has 10 heteroatoms. The lowest BCUT2D eigenvalue weighted by Gasteiger charge is -2.32. The Labute approximate surface area is 149 Å². The molecule has 3 rings (SSSR count). The second-order valence-electron chi connectivity index (χ2n) is 6.08. The van der Waals surface area contributed by atoms with Gasteiger partial charge in [0.15, 0.2) is 0 Å². The number of alkyl halides is 3. The molecule has 2 heterocycles. The van der Waals surface area contributed by atoms with Crippen LogP contribution >= 0.6 is 0 Å². The number of rotatable bonds is 4. The second kappa shape index (κ2) is 7.01. The van der Waals surface area contributed by atoms with Gasteiger partial charge in [-0.15, -0.1) is 0 Å². The summed E-state index contributed by atoms with van der Waals surface area (Å²) in [7, 11) is -2.20. The zero-order valence-corrected chi connectivity index (χ0v) is 14.8. The number of hydrogen-bond donors (Lipinski definition) is 0. The molecule has 1 atom stereocenters. The molecular weight excluding hydrogens is 371 g/mol. The molecule has 0 saturated carbocycles. The summed E-state index contributed by atoms with van der Waals surface area (Å²) >= 11 is 0. The summed E-state index contributed by atoms with van der Waals surface area (Å²) in [6.45, 7) is 0.315. The topological polar surface area (TPSA) is 64.4 Å². The van der Waals surface area contributed by atoms with E-state index in [1.807, 2.05) is 0 Å². The average molecular weight is 389 g/mol. The van der Waals surface area contributed by atoms with Gasteiger partial charge in [0.1, 0.15) is 0 Å². The molecule has 2 aromatic rings. The highest BCUT2D eigenvalue weighted by molar-refractivity contribution is 7.88. The van der Waals surface area contributed by atoms with Crippen molar-refractivity contribution in [2.24, 2.45) is 7.05 Å². The standard InChI is InChI=1S/C16H18F3N3O3S/c1-21-9-13(8-20-21)15-10-22(6-7-25-15)26(23,24)11-12-4-2-3-5-14(12)16(17,18)19/h2-5,8-9,15H,6-7,10-11H2,1H3/t15-/m1/s1. The number of nitrogens with zero attached hydrogens (tertiary/aromatic N) is 3. The predicted octanol–water partition coefficient (Wildman–Crippen LogP) is 2.34. The van der Waals surface area contributed by atoms with E-state index in [0.29, 0.717) is 0 Å². The average Bonchev–Trinajstić information content (AvgIpc) is 3.01. The van der Waals surface area contributed by atoms with E-state index in [-0.39, 0.29) is 25.3 Å². The molecule has 0 amide bonds. The molecule has 1 aromatic heterocycles. The molecule has 1 aliphatic rings. The minimum Gasteiger partial charge on any atom is -0.371 e. The number of sulfonamides is 1. The summed E-state index contributed by atoms with van der Waals surface area (Å²) in [5.74, 6) is -0.706. The lowest BCUT2D eigenvalue weighted by Crippen LogP contribution is -2.42. The van der Waals surface area contributed by atoms with Crippen LogP contribution in [0.5, 0.6) is 0 Å². The van der Waals surface area contributed by atoms with Gasteiger partial charge in [-0.1, -0.05) is 18.2 Å². The summed E-state index contributed by atoms with van der Waals surface area (Å²) in [5, 5.41) is 4.03. The zero-order chi connectivity index (χ0) is 18.9. The molecule has 0 bridgehead atoms. The minimum absolute atomic E-state index is 0.0439. The van der Waals surface area contributed by atoms with Gasteiger partial charge in [-0.05, 0) is 11.6 Å². The SMILES string of the molecule is Cn1cc([C@H]2CN(S(=O)(=O)Cc3ccccc3C(F)(F)F)CCO2)cn1. The van der Waals surface area contributed by atoms with Gasteiger partial charge in [-0.2, -0.15) is 22.6 Å². The van der Waals surface area contributed by atoms with Gasteiger partial charge in [-0.25, -0.2) is 8.42 Å². The third-order valence-electron chi connectivity index (χ3n) is 4.18. The highest BCUT2D eigenvalue weighted by atomic mass is 32.2. The van der Waals surface area contributed by atoms with Crippen molar-refractivity contribution in [1.29, 1.82) is 0 Å². The number of aromatic nitrogens is 2. The Hall–Kier alpha value is -1.91. The molecule has 1 aliphatic heterocycles. The third-order valence-corrected chi connectivity index (χ3v) is 5.97. The summed E-state index contributed by atoms with van der Waals surface area (Å²) in [6, 6.07) is 4.73. The van der Waals surface area contributed by atoms with Crippen molar-refractivity contribution in [2.45, 2.75) is 18.0 Å². The minimum atomic E-state index is -4.60. The molecule has 6 nitrogen and oxygen atoms in total. The highest BCUT2D eigenvalue weighted by Gasteiger charge is 2.36. The largest absolute Gasteiger partial charge is 0.416 e. The lowest BCUT2D eigenvalue weighted by molar-refractivity contribution is -0.138. The number of ether oxygens (including phenoxy) is 1. The van der Waals surface area contributed by atoms with E-state index in [1.165, 1.54) is 22.5 Å². The maximum atomic E-state index is 13.1. The Balaban J connectivity index is 1.80. The van der Waals surface area contributed by atoms with Crippen molar-refractivity contribution >= 4 is 10.0 Å². The number of aryl methyl sites for hydroxylation is 1. The maximum absolute atomic E-state index is 13.1. The second-order valence-corrected chi connectivity index (χ2v) is 8.04. The maximum Gasteiger partial charge on any atom is 0.416 e. The van der Waals surface area contributed by atoms with Crippen LogP contribution < -0.4 is 0 Å². The Morgan fingerprint density at radius 1 is 1.31 bits per heavy atom. The normalized spacial score (nSPS) is 19.6. The van der Waals surface area contributed by atoms with Crippen LogP contribution in [0.1, 0.15) is 22.8 Å². The fourth-order valence-electron chi connectivity index (χ4n) is 2.90. The van der Waals surface area contributed by atoms with Crippen LogP contribution in [-0.4, -0.2) is 42.2 Å². The number of hydrogen-bond acceptors (Lipinski definition) is 4. The fourth-order valence-corrected chi connectivity index (χ4v) is 4.44. The summed E-state index contributed by atoms with van der Waals surface area (Å²) in [6.07, 6.45) is -1.79. The van der Waals surface area contributed by atoms with Crippen molar-refractivity contribution in [1.82, 2.24) is 14.1 Å². The van der Waals surface area contributed by atoms with E-state index in [2.05, 4.69) is 5.10 Å². The van der Waals surface area contributed by atoms with Crippen LogP contribution in [0.25, 0.3) is 0 Å². The van der Waals surface area contributed by atoms with Gasteiger partial charge in [-0.3, -0.25) is 4.68 Å². The van der Waals surface area contributed by atoms with Crippen molar-refractivity contribution < 1.29 is 26.3 Å². The molecule has 0 unspecified atom stereocenters. The van der Waals surface area contributed by atoms with E-state index >= 15 is 0 Å². The van der Waals surface area contributed by atoms with Crippen LogP contribution in [0.4, 0.5) is 13.2 Å². The third kappa shape index (κ3) is 4.08. The molecule has 1 aromatic carbocycles. The molecule has 0 N–H and O–H groups in total. The monoisotopic (exact) mass is 389 g/mol. The van der Waals surface area contributed by atoms with Crippen LogP contribution in [0.3, 0.4) is 0 Å². The first-order valence-electron chi connectivity index (χ1n) is 7.90. The van der Waals surface area contributed by atoms with E-state index < -0.39 is 33.6 Å². The zero-order valence-electron chi connectivity index (χ0n) is 14.0. The first-order valence-corrected chi connectivity index (χ1v) is 9.51. The van der Waals surface area contributed by atoms with Gasteiger partial charge in [0.25, 0.3) is 0 Å². The lowest BCUT2D eigenvalue weighted by atomic mass is 10.1. The first kappa shape index (κ1) is 18.9. The molecule has 0 spiro atoms. The van der Waals surface area contributed by atoms with Gasteiger partial charge < -0.3 is 4.74 Å². The molecule has 0 aliphatic carbocycles. The van der Waals surface area contributed by atoms with Gasteiger partial charge in [0.05, 0.1) is 30.2 Å². The first-order chi connectivity index (χ1) is 12.2. The van der Waals surface area contributed by atoms with E-state index in [0.717, 1.165) is 11.6 Å². The smallest absolute Gasteiger partial charge is 0.371 e. The van der Waals surface area contributed by atoms with Crippen molar-refractivity contribution in [3.8, 4) is 0 Å². The summed E-state index contributed by atoms with van der Waals surface area (Å²) in [5.41, 5.74) is -0.465. The Morgan fingerprint density at radius 3 is 2.69 bits per heavy atom.